The number of hydrogen-bond acceptors (Lipinski definition) is 7. The van der Waals surface area contributed by atoms with Crippen LogP contribution in [0.25, 0.3) is 0 Å². The Kier molecular flexibility index (Phi) is 5.58. The first kappa shape index (κ1) is 20.6. The number of aryl methyl sites for hydroxylation is 1. The highest BCUT2D eigenvalue weighted by molar-refractivity contribution is 6.22. The van der Waals surface area contributed by atoms with Crippen LogP contribution in [0.15, 0.2) is 42.5 Å². The second-order valence-electron chi connectivity index (χ2n) is 6.62. The number of fused-ring (bicyclic) bond motifs is 1. The number of amides is 3. The van der Waals surface area contributed by atoms with Gasteiger partial charge in [-0.15, -0.1) is 0 Å². The first-order valence-corrected chi connectivity index (χ1v) is 8.89. The normalized spacial score (nSPS) is 13.6. The summed E-state index contributed by atoms with van der Waals surface area (Å²) < 4.78 is 4.92. The van der Waals surface area contributed by atoms with Gasteiger partial charge < -0.3 is 10.1 Å². The van der Waals surface area contributed by atoms with E-state index in [0.717, 1.165) is 4.90 Å². The first-order chi connectivity index (χ1) is 14.2. The first-order valence-electron chi connectivity index (χ1n) is 8.89. The quantitative estimate of drug-likeness (QED) is 0.333. The van der Waals surface area contributed by atoms with Crippen molar-refractivity contribution in [1.82, 2.24) is 4.90 Å². The Labute approximate surface area is 170 Å². The molecule has 3 rings (SSSR count). The minimum atomic E-state index is -1.23. The Hall–Kier alpha value is -4.08. The molecule has 1 aliphatic rings. The molecule has 1 unspecified atom stereocenters. The predicted molar refractivity (Wildman–Crippen MR) is 104 cm³/mol. The van der Waals surface area contributed by atoms with Gasteiger partial charge in [-0.3, -0.25) is 29.4 Å². The number of rotatable bonds is 6. The molecule has 30 heavy (non-hydrogen) atoms. The van der Waals surface area contributed by atoms with Crippen molar-refractivity contribution in [2.45, 2.75) is 19.9 Å². The molecule has 154 valence electrons. The number of nitrogens with one attached hydrogen (secondary N) is 1. The molecule has 1 aliphatic heterocycles. The van der Waals surface area contributed by atoms with Crippen LogP contribution in [0.1, 0.15) is 33.2 Å². The number of nitro groups is 1. The molecule has 10 heteroatoms. The highest BCUT2D eigenvalue weighted by Gasteiger charge is 2.41. The van der Waals surface area contributed by atoms with Gasteiger partial charge in [0, 0.05) is 17.3 Å². The van der Waals surface area contributed by atoms with Crippen molar-refractivity contribution in [1.29, 1.82) is 0 Å². The Morgan fingerprint density at radius 2 is 1.73 bits per heavy atom. The Bertz CT molecular complexity index is 1040. The average molecular weight is 411 g/mol. The molecule has 1 heterocycles. The lowest BCUT2D eigenvalue weighted by Crippen LogP contribution is -2.44. The van der Waals surface area contributed by atoms with Crippen molar-refractivity contribution in [3.8, 4) is 0 Å². The molecule has 0 saturated carbocycles. The highest BCUT2D eigenvalue weighted by atomic mass is 16.6. The van der Waals surface area contributed by atoms with Gasteiger partial charge >= 0.3 is 5.97 Å². The zero-order valence-corrected chi connectivity index (χ0v) is 16.1. The van der Waals surface area contributed by atoms with Gasteiger partial charge in [-0.1, -0.05) is 18.2 Å². The number of benzene rings is 2. The van der Waals surface area contributed by atoms with E-state index < -0.39 is 41.3 Å². The molecule has 0 spiro atoms. The molecule has 0 aliphatic carbocycles. The zero-order valence-electron chi connectivity index (χ0n) is 16.1. The molecule has 0 fully saturated rings. The summed E-state index contributed by atoms with van der Waals surface area (Å²) in [6.45, 7) is 2.20. The van der Waals surface area contributed by atoms with Gasteiger partial charge in [0.05, 0.1) is 16.1 Å². The molecular weight excluding hydrogens is 394 g/mol. The van der Waals surface area contributed by atoms with E-state index in [4.69, 9.17) is 4.74 Å². The topological polar surface area (TPSA) is 136 Å². The number of imide groups is 1. The standard InChI is InChI=1S/C20H17N3O7/c1-11-7-8-13(9-16(11)23(28)29)21-17(24)10-30-20(27)12(2)22-18(25)14-5-3-4-6-15(14)19(22)26/h3-9,12H,10H2,1-2H3,(H,21,24). The second-order valence-corrected chi connectivity index (χ2v) is 6.62. The lowest BCUT2D eigenvalue weighted by atomic mass is 10.1. The number of ether oxygens (including phenoxy) is 1. The summed E-state index contributed by atoms with van der Waals surface area (Å²) in [6.07, 6.45) is 0. The molecule has 0 bridgehead atoms. The van der Waals surface area contributed by atoms with Crippen molar-refractivity contribution in [2.75, 3.05) is 11.9 Å². The van der Waals surface area contributed by atoms with Gasteiger partial charge in [-0.25, -0.2) is 4.79 Å². The predicted octanol–water partition coefficient (Wildman–Crippen LogP) is 2.07. The molecule has 2 aromatic carbocycles. The third-order valence-corrected chi connectivity index (χ3v) is 4.59. The van der Waals surface area contributed by atoms with Gasteiger partial charge in [-0.05, 0) is 32.0 Å². The summed E-state index contributed by atoms with van der Waals surface area (Å²) in [4.78, 5) is 60.3. The Balaban J connectivity index is 1.60. The van der Waals surface area contributed by atoms with Gasteiger partial charge in [-0.2, -0.15) is 0 Å². The molecule has 0 aromatic heterocycles. The van der Waals surface area contributed by atoms with Gasteiger partial charge in [0.15, 0.2) is 6.61 Å². The molecule has 10 nitrogen and oxygen atoms in total. The third kappa shape index (κ3) is 3.88. The fourth-order valence-electron chi connectivity index (χ4n) is 3.00. The third-order valence-electron chi connectivity index (χ3n) is 4.59. The van der Waals surface area contributed by atoms with Gasteiger partial charge in [0.25, 0.3) is 23.4 Å². The fourth-order valence-corrected chi connectivity index (χ4v) is 3.00. The maximum Gasteiger partial charge on any atom is 0.329 e. The van der Waals surface area contributed by atoms with E-state index in [-0.39, 0.29) is 22.5 Å². The van der Waals surface area contributed by atoms with Crippen LogP contribution in [0.2, 0.25) is 0 Å². The van der Waals surface area contributed by atoms with E-state index in [2.05, 4.69) is 5.32 Å². The number of hydrogen-bond donors (Lipinski definition) is 1. The molecular formula is C20H17N3O7. The monoisotopic (exact) mass is 411 g/mol. The molecule has 1 N–H and O–H groups in total. The van der Waals surface area contributed by atoms with Crippen LogP contribution in [-0.2, 0) is 14.3 Å². The van der Waals surface area contributed by atoms with Crippen LogP contribution in [0.3, 0.4) is 0 Å². The summed E-state index contributed by atoms with van der Waals surface area (Å²) in [6, 6.07) is 9.10. The number of nitrogens with zero attached hydrogens (tertiary/aromatic N) is 2. The Morgan fingerprint density at radius 3 is 2.30 bits per heavy atom. The van der Waals surface area contributed by atoms with Crippen LogP contribution in [0, 0.1) is 17.0 Å². The van der Waals surface area contributed by atoms with Gasteiger partial charge in [0.1, 0.15) is 6.04 Å². The largest absolute Gasteiger partial charge is 0.454 e. The highest BCUT2D eigenvalue weighted by Crippen LogP contribution is 2.25. The number of esters is 1. The number of nitro benzene ring substituents is 1. The Morgan fingerprint density at radius 1 is 1.13 bits per heavy atom. The molecule has 0 saturated heterocycles. The van der Waals surface area contributed by atoms with Crippen LogP contribution < -0.4 is 5.32 Å². The van der Waals surface area contributed by atoms with E-state index in [0.29, 0.717) is 5.56 Å². The van der Waals surface area contributed by atoms with Crippen LogP contribution >= 0.6 is 0 Å². The number of carbonyl (C=O) groups is 4. The summed E-state index contributed by atoms with van der Waals surface area (Å²) >= 11 is 0. The summed E-state index contributed by atoms with van der Waals surface area (Å²) in [5, 5.41) is 13.4. The molecule has 3 amide bonds. The molecule has 1 atom stereocenters. The number of carbonyl (C=O) groups excluding carboxylic acids is 4. The zero-order chi connectivity index (χ0) is 22.0. The fraction of sp³-hybridized carbons (Fsp3) is 0.200. The SMILES string of the molecule is Cc1ccc(NC(=O)COC(=O)C(C)N2C(=O)c3ccccc3C2=O)cc1[N+](=O)[O-]. The minimum absolute atomic E-state index is 0.163. The molecule has 2 aromatic rings. The van der Waals surface area contributed by atoms with Crippen LogP contribution in [0.4, 0.5) is 11.4 Å². The minimum Gasteiger partial charge on any atom is -0.454 e. The van der Waals surface area contributed by atoms with Crippen molar-refractivity contribution < 1.29 is 28.8 Å². The van der Waals surface area contributed by atoms with E-state index in [1.807, 2.05) is 0 Å². The summed E-state index contributed by atoms with van der Waals surface area (Å²) in [5.41, 5.74) is 0.826. The van der Waals surface area contributed by atoms with Crippen molar-refractivity contribution in [2.24, 2.45) is 0 Å². The molecule has 0 radical (unpaired) electrons. The van der Waals surface area contributed by atoms with Crippen molar-refractivity contribution in [3.05, 3.63) is 69.3 Å². The number of anilines is 1. The lowest BCUT2D eigenvalue weighted by Gasteiger charge is -2.20. The van der Waals surface area contributed by atoms with Crippen LogP contribution in [0.5, 0.6) is 0 Å². The second kappa shape index (κ2) is 8.11. The summed E-state index contributed by atoms with van der Waals surface area (Å²) in [5.74, 6) is -2.89. The van der Waals surface area contributed by atoms with Crippen LogP contribution in [-0.4, -0.2) is 46.2 Å². The van der Waals surface area contributed by atoms with Crippen molar-refractivity contribution >= 4 is 35.1 Å². The maximum absolute atomic E-state index is 12.4. The lowest BCUT2D eigenvalue weighted by molar-refractivity contribution is -0.385. The van der Waals surface area contributed by atoms with E-state index in [1.165, 1.54) is 37.3 Å². The van der Waals surface area contributed by atoms with E-state index >= 15 is 0 Å². The van der Waals surface area contributed by atoms with E-state index in [1.54, 1.807) is 19.1 Å². The smallest absolute Gasteiger partial charge is 0.329 e. The average Bonchev–Trinajstić information content (AvgIpc) is 2.97. The maximum atomic E-state index is 12.4. The summed E-state index contributed by atoms with van der Waals surface area (Å²) in [7, 11) is 0. The van der Waals surface area contributed by atoms with Gasteiger partial charge in [0.2, 0.25) is 0 Å². The van der Waals surface area contributed by atoms with Crippen molar-refractivity contribution in [3.63, 3.8) is 0 Å². The van der Waals surface area contributed by atoms with E-state index in [9.17, 15) is 29.3 Å².